The Morgan fingerprint density at radius 2 is 1.73 bits per heavy atom. The molecule has 0 unspecified atom stereocenters. The number of aliphatic hydroxyl groups is 1. The predicted molar refractivity (Wildman–Crippen MR) is 112 cm³/mol. The number of nitrogens with one attached hydrogen (secondary N) is 2. The summed E-state index contributed by atoms with van der Waals surface area (Å²) in [4.78, 5) is 4.58. The topological polar surface area (TPSA) is 56.7 Å². The Bertz CT molecular complexity index is 272. The van der Waals surface area contributed by atoms with Gasteiger partial charge in [-0.3, -0.25) is 4.99 Å². The fraction of sp³-hybridized carbons (Fsp3) is 0.938. The maximum Gasteiger partial charge on any atom is 0.191 e. The first-order valence-electron chi connectivity index (χ1n) is 8.35. The van der Waals surface area contributed by atoms with E-state index in [-0.39, 0.29) is 24.0 Å². The van der Waals surface area contributed by atoms with Crippen LogP contribution in [0.15, 0.2) is 4.99 Å². The number of nitrogens with zero attached hydrogens (tertiary/aromatic N) is 1. The molecular weight excluding hydrogens is 409 g/mol. The van der Waals surface area contributed by atoms with Gasteiger partial charge < -0.3 is 15.7 Å². The van der Waals surface area contributed by atoms with Crippen LogP contribution in [0.25, 0.3) is 0 Å². The highest BCUT2D eigenvalue weighted by Crippen LogP contribution is 2.19. The molecule has 0 saturated heterocycles. The number of rotatable bonds is 12. The summed E-state index contributed by atoms with van der Waals surface area (Å²) in [6, 6.07) is 0. The van der Waals surface area contributed by atoms with Gasteiger partial charge >= 0.3 is 0 Å². The fourth-order valence-electron chi connectivity index (χ4n) is 2.36. The molecule has 0 aromatic carbocycles. The van der Waals surface area contributed by atoms with Crippen molar-refractivity contribution in [1.82, 2.24) is 10.6 Å². The molecule has 0 amide bonds. The second kappa shape index (κ2) is 16.2. The molecule has 0 saturated carbocycles. The van der Waals surface area contributed by atoms with Crippen molar-refractivity contribution in [2.75, 3.05) is 31.6 Å². The van der Waals surface area contributed by atoms with Crippen LogP contribution >= 0.6 is 35.7 Å². The first kappa shape index (κ1) is 24.6. The summed E-state index contributed by atoms with van der Waals surface area (Å²) in [5, 5.41) is 17.2. The zero-order valence-electron chi connectivity index (χ0n) is 14.8. The zero-order chi connectivity index (χ0) is 16.0. The average Bonchev–Trinajstić information content (AvgIpc) is 2.45. The highest BCUT2D eigenvalue weighted by molar-refractivity contribution is 14.0. The third-order valence-electron chi connectivity index (χ3n) is 3.37. The van der Waals surface area contributed by atoms with Crippen molar-refractivity contribution in [1.29, 1.82) is 0 Å². The van der Waals surface area contributed by atoms with Gasteiger partial charge in [0.2, 0.25) is 0 Å². The standard InChI is InChI=1S/C16H35N3OS.HI/c1-5-10-16(20,11-6-2)14-19-15(17-7-3)18-12-8-9-13-21-4;/h20H,5-14H2,1-4H3,(H2,17,18,19);1H. The molecule has 0 aromatic rings. The van der Waals surface area contributed by atoms with E-state index in [0.29, 0.717) is 6.54 Å². The molecule has 0 rings (SSSR count). The second-order valence-electron chi connectivity index (χ2n) is 5.55. The van der Waals surface area contributed by atoms with E-state index < -0.39 is 5.60 Å². The SMILES string of the molecule is CCCC(O)(CCC)CN=C(NCC)NCCCCSC.I. The number of unbranched alkanes of at least 4 members (excludes halogenated alkanes) is 1. The van der Waals surface area contributed by atoms with Gasteiger partial charge in [0.25, 0.3) is 0 Å². The number of hydrogen-bond donors (Lipinski definition) is 3. The first-order chi connectivity index (χ1) is 10.1. The van der Waals surface area contributed by atoms with Crippen molar-refractivity contribution in [2.45, 2.75) is 64.9 Å². The maximum atomic E-state index is 10.6. The fourth-order valence-corrected chi connectivity index (χ4v) is 2.85. The van der Waals surface area contributed by atoms with Gasteiger partial charge in [-0.05, 0) is 44.6 Å². The first-order valence-corrected chi connectivity index (χ1v) is 9.74. The van der Waals surface area contributed by atoms with Crippen LogP contribution in [-0.2, 0) is 0 Å². The molecule has 4 nitrogen and oxygen atoms in total. The van der Waals surface area contributed by atoms with Gasteiger partial charge in [-0.25, -0.2) is 0 Å². The lowest BCUT2D eigenvalue weighted by Crippen LogP contribution is -2.40. The third-order valence-corrected chi connectivity index (χ3v) is 4.07. The number of hydrogen-bond acceptors (Lipinski definition) is 3. The Morgan fingerprint density at radius 3 is 2.23 bits per heavy atom. The molecule has 0 aromatic heterocycles. The van der Waals surface area contributed by atoms with E-state index in [2.05, 4.69) is 42.7 Å². The lowest BCUT2D eigenvalue weighted by molar-refractivity contribution is 0.0306. The van der Waals surface area contributed by atoms with Crippen molar-refractivity contribution in [3.8, 4) is 0 Å². The number of aliphatic imine (C=N–C) groups is 1. The molecule has 0 heterocycles. The van der Waals surface area contributed by atoms with Gasteiger partial charge in [-0.15, -0.1) is 24.0 Å². The average molecular weight is 445 g/mol. The van der Waals surface area contributed by atoms with Crippen LogP contribution in [-0.4, -0.2) is 48.3 Å². The van der Waals surface area contributed by atoms with Crippen LogP contribution in [0.1, 0.15) is 59.3 Å². The van der Waals surface area contributed by atoms with E-state index in [1.165, 1.54) is 12.2 Å². The molecule has 0 aliphatic rings. The molecule has 0 bridgehead atoms. The normalized spacial score (nSPS) is 12.0. The van der Waals surface area contributed by atoms with Gasteiger partial charge in [0, 0.05) is 13.1 Å². The molecule has 0 aliphatic carbocycles. The summed E-state index contributed by atoms with van der Waals surface area (Å²) in [5.41, 5.74) is -0.648. The maximum absolute atomic E-state index is 10.6. The minimum absolute atomic E-state index is 0. The highest BCUT2D eigenvalue weighted by atomic mass is 127. The number of halogens is 1. The Balaban J connectivity index is 0. The minimum atomic E-state index is -0.648. The lowest BCUT2D eigenvalue weighted by atomic mass is 9.93. The Labute approximate surface area is 158 Å². The third kappa shape index (κ3) is 12.8. The molecule has 0 fully saturated rings. The second-order valence-corrected chi connectivity index (χ2v) is 6.53. The Morgan fingerprint density at radius 1 is 1.09 bits per heavy atom. The van der Waals surface area contributed by atoms with E-state index in [9.17, 15) is 5.11 Å². The van der Waals surface area contributed by atoms with E-state index in [1.807, 2.05) is 11.8 Å². The van der Waals surface area contributed by atoms with Gasteiger partial charge in [0.1, 0.15) is 0 Å². The van der Waals surface area contributed by atoms with E-state index in [4.69, 9.17) is 0 Å². The summed E-state index contributed by atoms with van der Waals surface area (Å²) in [6.45, 7) is 8.55. The summed E-state index contributed by atoms with van der Waals surface area (Å²) >= 11 is 1.89. The van der Waals surface area contributed by atoms with Crippen molar-refractivity contribution in [2.24, 2.45) is 4.99 Å². The van der Waals surface area contributed by atoms with E-state index >= 15 is 0 Å². The molecule has 0 spiro atoms. The van der Waals surface area contributed by atoms with Crippen molar-refractivity contribution in [3.63, 3.8) is 0 Å². The van der Waals surface area contributed by atoms with Gasteiger partial charge in [0.05, 0.1) is 12.1 Å². The van der Waals surface area contributed by atoms with Crippen LogP contribution < -0.4 is 10.6 Å². The van der Waals surface area contributed by atoms with Crippen LogP contribution in [0.3, 0.4) is 0 Å². The smallest absolute Gasteiger partial charge is 0.191 e. The predicted octanol–water partition coefficient (Wildman–Crippen LogP) is 3.63. The van der Waals surface area contributed by atoms with E-state index in [1.54, 1.807) is 0 Å². The molecular formula is C16H36IN3OS. The molecule has 0 aliphatic heterocycles. The van der Waals surface area contributed by atoms with Crippen LogP contribution in [0, 0.1) is 0 Å². The monoisotopic (exact) mass is 445 g/mol. The molecule has 3 N–H and O–H groups in total. The molecule has 134 valence electrons. The summed E-state index contributed by atoms with van der Waals surface area (Å²) in [6.07, 6.45) is 8.13. The van der Waals surface area contributed by atoms with Crippen LogP contribution in [0.5, 0.6) is 0 Å². The summed E-state index contributed by atoms with van der Waals surface area (Å²) in [7, 11) is 0. The van der Waals surface area contributed by atoms with Gasteiger partial charge in [-0.2, -0.15) is 11.8 Å². The van der Waals surface area contributed by atoms with Crippen LogP contribution in [0.4, 0.5) is 0 Å². The summed E-state index contributed by atoms with van der Waals surface area (Å²) in [5.74, 6) is 2.04. The van der Waals surface area contributed by atoms with Crippen molar-refractivity contribution in [3.05, 3.63) is 0 Å². The molecule has 6 heteroatoms. The van der Waals surface area contributed by atoms with Gasteiger partial charge in [-0.1, -0.05) is 26.7 Å². The molecule has 0 radical (unpaired) electrons. The quantitative estimate of drug-likeness (QED) is 0.186. The van der Waals surface area contributed by atoms with Crippen molar-refractivity contribution >= 4 is 41.7 Å². The van der Waals surface area contributed by atoms with Gasteiger partial charge in [0.15, 0.2) is 5.96 Å². The van der Waals surface area contributed by atoms with E-state index in [0.717, 1.165) is 51.2 Å². The highest BCUT2D eigenvalue weighted by Gasteiger charge is 2.24. The molecule has 22 heavy (non-hydrogen) atoms. The largest absolute Gasteiger partial charge is 0.388 e. The zero-order valence-corrected chi connectivity index (χ0v) is 17.9. The number of guanidine groups is 1. The molecule has 0 atom stereocenters. The Kier molecular flexibility index (Phi) is 18.1. The number of thioether (sulfide) groups is 1. The lowest BCUT2D eigenvalue weighted by Gasteiger charge is -2.26. The van der Waals surface area contributed by atoms with Crippen LogP contribution in [0.2, 0.25) is 0 Å². The summed E-state index contributed by atoms with van der Waals surface area (Å²) < 4.78 is 0. The minimum Gasteiger partial charge on any atom is -0.388 e. The van der Waals surface area contributed by atoms with Crippen molar-refractivity contribution < 1.29 is 5.11 Å². The Hall–Kier alpha value is 0.310.